The fraction of sp³-hybridized carbons (Fsp3) is 0.556. The summed E-state index contributed by atoms with van der Waals surface area (Å²) in [5.41, 5.74) is 3.59. The monoisotopic (exact) mass is 593 g/mol. The summed E-state index contributed by atoms with van der Waals surface area (Å²) in [4.78, 5) is 29.7. The lowest BCUT2D eigenvalue weighted by molar-refractivity contribution is -0.119. The summed E-state index contributed by atoms with van der Waals surface area (Å²) in [5.74, 6) is -0.361. The minimum atomic E-state index is -0.565. The van der Waals surface area contributed by atoms with Crippen molar-refractivity contribution in [3.63, 3.8) is 0 Å². The molecule has 7 heteroatoms. The van der Waals surface area contributed by atoms with Gasteiger partial charge in [0.2, 0.25) is 0 Å². The second-order valence-corrected chi connectivity index (χ2v) is 13.1. The zero-order chi connectivity index (χ0) is 25.0. The molecule has 0 saturated carbocycles. The van der Waals surface area contributed by atoms with E-state index in [4.69, 9.17) is 4.74 Å². The summed E-state index contributed by atoms with van der Waals surface area (Å²) in [5, 5.41) is 11.1. The van der Waals surface area contributed by atoms with E-state index in [1.54, 1.807) is 13.2 Å². The number of benzene rings is 1. The van der Waals surface area contributed by atoms with Crippen LogP contribution < -0.4 is 0 Å². The quantitative estimate of drug-likeness (QED) is 0.387. The maximum absolute atomic E-state index is 13.7. The Hall–Kier alpha value is -1.44. The first-order valence-corrected chi connectivity index (χ1v) is 13.4. The summed E-state index contributed by atoms with van der Waals surface area (Å²) in [6, 6.07) is 3.63. The minimum Gasteiger partial charge on any atom is -0.506 e. The van der Waals surface area contributed by atoms with E-state index in [2.05, 4.69) is 64.5 Å². The lowest BCUT2D eigenvalue weighted by Crippen LogP contribution is -2.44. The number of allylic oxidation sites excluding steroid dienone is 4. The van der Waals surface area contributed by atoms with Crippen molar-refractivity contribution in [3.05, 3.63) is 49.2 Å². The van der Waals surface area contributed by atoms with E-state index in [-0.39, 0.29) is 28.1 Å². The van der Waals surface area contributed by atoms with Crippen molar-refractivity contribution >= 4 is 43.4 Å². The van der Waals surface area contributed by atoms with Crippen LogP contribution in [0.25, 0.3) is 0 Å². The number of phenolic OH excluding ortho intramolecular Hbond substituents is 1. The third kappa shape index (κ3) is 4.68. The molecular formula is C27H33Br2NO4. The van der Waals surface area contributed by atoms with Gasteiger partial charge in [-0.05, 0) is 58.2 Å². The number of hydrogen-bond acceptors (Lipinski definition) is 5. The summed E-state index contributed by atoms with van der Waals surface area (Å²) >= 11 is 7.00. The van der Waals surface area contributed by atoms with Gasteiger partial charge < -0.3 is 14.7 Å². The van der Waals surface area contributed by atoms with Crippen LogP contribution in [0.2, 0.25) is 0 Å². The fourth-order valence-electron chi connectivity index (χ4n) is 5.80. The number of ether oxygens (including phenoxy) is 1. The van der Waals surface area contributed by atoms with E-state index in [1.807, 2.05) is 6.07 Å². The maximum atomic E-state index is 13.7. The highest BCUT2D eigenvalue weighted by Crippen LogP contribution is 2.56. The van der Waals surface area contributed by atoms with Crippen LogP contribution in [0.4, 0.5) is 0 Å². The van der Waals surface area contributed by atoms with Gasteiger partial charge in [-0.2, -0.15) is 0 Å². The molecule has 3 aliphatic rings. The summed E-state index contributed by atoms with van der Waals surface area (Å²) in [6.45, 7) is 9.82. The molecule has 1 aliphatic heterocycles. The van der Waals surface area contributed by atoms with Crippen LogP contribution in [0.5, 0.6) is 5.75 Å². The first kappa shape index (κ1) is 25.6. The standard InChI is InChI=1S/C27H33Br2NO4/c1-26(2)11-18-23(20(31)13-26)22(16-9-15(28)10-17(29)25(16)33)24-19(30(18)7-6-8-34-5)12-27(3,4)14-21(24)32/h9-10,22,33H,6-8,11-14H2,1-5H3. The molecule has 184 valence electrons. The molecule has 2 aliphatic carbocycles. The van der Waals surface area contributed by atoms with Crippen LogP contribution in [0, 0.1) is 10.8 Å². The van der Waals surface area contributed by atoms with Crippen LogP contribution in [-0.2, 0) is 14.3 Å². The van der Waals surface area contributed by atoms with E-state index in [0.717, 1.165) is 35.1 Å². The number of carbonyl (C=O) groups excluding carboxylic acids is 2. The van der Waals surface area contributed by atoms with Crippen molar-refractivity contribution in [3.8, 4) is 5.75 Å². The Morgan fingerprint density at radius 2 is 1.50 bits per heavy atom. The molecule has 0 fully saturated rings. The number of nitrogens with zero attached hydrogens (tertiary/aromatic N) is 1. The largest absolute Gasteiger partial charge is 0.506 e. The number of Topliss-reactive ketones (excluding diaryl/α,β-unsaturated/α-hetero) is 2. The van der Waals surface area contributed by atoms with Crippen LogP contribution in [0.15, 0.2) is 43.6 Å². The van der Waals surface area contributed by atoms with Crippen molar-refractivity contribution < 1.29 is 19.4 Å². The van der Waals surface area contributed by atoms with Crippen molar-refractivity contribution in [1.82, 2.24) is 4.90 Å². The molecule has 5 nitrogen and oxygen atoms in total. The van der Waals surface area contributed by atoms with Crippen molar-refractivity contribution in [2.45, 2.75) is 65.7 Å². The number of phenols is 1. The third-order valence-electron chi connectivity index (χ3n) is 7.12. The zero-order valence-corrected chi connectivity index (χ0v) is 23.7. The molecule has 1 heterocycles. The number of aromatic hydroxyl groups is 1. The van der Waals surface area contributed by atoms with Crippen molar-refractivity contribution in [2.24, 2.45) is 10.8 Å². The Labute approximate surface area is 218 Å². The zero-order valence-electron chi connectivity index (χ0n) is 20.6. The number of methoxy groups -OCH3 is 1. The molecule has 4 rings (SSSR count). The predicted molar refractivity (Wildman–Crippen MR) is 140 cm³/mol. The SMILES string of the molecule is COCCCN1C2=C(C(=O)CC(C)(C)C2)C(c2cc(Br)cc(Br)c2O)C2=C1CC(C)(C)CC2=O. The molecule has 0 saturated heterocycles. The van der Waals surface area contributed by atoms with Gasteiger partial charge in [-0.15, -0.1) is 0 Å². The molecule has 1 N–H and O–H groups in total. The van der Waals surface area contributed by atoms with Crippen LogP contribution in [-0.4, -0.2) is 41.8 Å². The Balaban J connectivity index is 2.01. The number of hydrogen-bond donors (Lipinski definition) is 1. The second kappa shape index (κ2) is 9.21. The van der Waals surface area contributed by atoms with Gasteiger partial charge in [0.25, 0.3) is 0 Å². The van der Waals surface area contributed by atoms with Crippen LogP contribution in [0.3, 0.4) is 0 Å². The first-order chi connectivity index (χ1) is 15.8. The minimum absolute atomic E-state index is 0.0627. The molecule has 0 amide bonds. The van der Waals surface area contributed by atoms with E-state index in [0.29, 0.717) is 47.2 Å². The maximum Gasteiger partial charge on any atom is 0.162 e. The van der Waals surface area contributed by atoms with Gasteiger partial charge in [-0.1, -0.05) is 43.6 Å². The summed E-state index contributed by atoms with van der Waals surface area (Å²) in [6.07, 6.45) is 3.14. The highest BCUT2D eigenvalue weighted by molar-refractivity contribution is 9.11. The molecule has 1 aromatic carbocycles. The average molecular weight is 595 g/mol. The van der Waals surface area contributed by atoms with Gasteiger partial charge in [-0.3, -0.25) is 9.59 Å². The van der Waals surface area contributed by atoms with E-state index >= 15 is 0 Å². The number of halogens is 2. The molecule has 0 spiro atoms. The molecule has 34 heavy (non-hydrogen) atoms. The van der Waals surface area contributed by atoms with Crippen LogP contribution >= 0.6 is 31.9 Å². The van der Waals surface area contributed by atoms with Crippen molar-refractivity contribution in [1.29, 1.82) is 0 Å². The summed E-state index contributed by atoms with van der Waals surface area (Å²) < 4.78 is 6.65. The van der Waals surface area contributed by atoms with Crippen LogP contribution in [0.1, 0.15) is 71.3 Å². The highest BCUT2D eigenvalue weighted by atomic mass is 79.9. The smallest absolute Gasteiger partial charge is 0.162 e. The van der Waals surface area contributed by atoms with E-state index < -0.39 is 5.92 Å². The number of rotatable bonds is 5. The molecule has 0 radical (unpaired) electrons. The van der Waals surface area contributed by atoms with Crippen molar-refractivity contribution in [2.75, 3.05) is 20.3 Å². The lowest BCUT2D eigenvalue weighted by atomic mass is 9.63. The molecular weight excluding hydrogens is 562 g/mol. The Bertz CT molecular complexity index is 1060. The Morgan fingerprint density at radius 3 is 2.00 bits per heavy atom. The first-order valence-electron chi connectivity index (χ1n) is 11.8. The Kier molecular flexibility index (Phi) is 6.95. The van der Waals surface area contributed by atoms with Gasteiger partial charge in [0.05, 0.1) is 4.47 Å². The molecule has 0 unspecified atom stereocenters. The van der Waals surface area contributed by atoms with Gasteiger partial charge in [-0.25, -0.2) is 0 Å². The topological polar surface area (TPSA) is 66.8 Å². The lowest BCUT2D eigenvalue weighted by Gasteiger charge is -2.49. The molecule has 0 bridgehead atoms. The number of ketones is 2. The predicted octanol–water partition coefficient (Wildman–Crippen LogP) is 6.64. The average Bonchev–Trinajstić information content (AvgIpc) is 2.69. The molecule has 0 atom stereocenters. The van der Waals surface area contributed by atoms with Gasteiger partial charge in [0.15, 0.2) is 11.6 Å². The normalized spacial score (nSPS) is 22.3. The van der Waals surface area contributed by atoms with Gasteiger partial charge in [0, 0.05) is 71.6 Å². The third-order valence-corrected chi connectivity index (χ3v) is 8.18. The van der Waals surface area contributed by atoms with E-state index in [1.165, 1.54) is 0 Å². The number of carbonyl (C=O) groups is 2. The molecule has 1 aromatic rings. The fourth-order valence-corrected chi connectivity index (χ4v) is 7.06. The highest BCUT2D eigenvalue weighted by Gasteiger charge is 2.49. The van der Waals surface area contributed by atoms with E-state index in [9.17, 15) is 14.7 Å². The second-order valence-electron chi connectivity index (χ2n) is 11.4. The Morgan fingerprint density at radius 1 is 0.971 bits per heavy atom. The summed E-state index contributed by atoms with van der Waals surface area (Å²) in [7, 11) is 1.69. The van der Waals surface area contributed by atoms with Gasteiger partial charge >= 0.3 is 0 Å². The molecule has 0 aromatic heterocycles. The van der Waals surface area contributed by atoms with Gasteiger partial charge in [0.1, 0.15) is 5.75 Å².